The van der Waals surface area contributed by atoms with Gasteiger partial charge >= 0.3 is 5.97 Å². The summed E-state index contributed by atoms with van der Waals surface area (Å²) in [6, 6.07) is 6.88. The number of nitrogens with zero attached hydrogens (tertiary/aromatic N) is 3. The van der Waals surface area contributed by atoms with Crippen molar-refractivity contribution in [2.45, 2.75) is 6.92 Å². The van der Waals surface area contributed by atoms with Crippen LogP contribution < -0.4 is 5.32 Å². The van der Waals surface area contributed by atoms with Crippen molar-refractivity contribution in [3.05, 3.63) is 29.8 Å². The van der Waals surface area contributed by atoms with Crippen LogP contribution >= 0.6 is 0 Å². The standard InChI is InChI=1S/C10H11N5O2/c1-2-17-9(16)7-4-3-5-8(6-7)11-10-12-14-15-13-10/h3-6H,2H2,1H3,(H2,11,12,13,14,15). The molecule has 0 aliphatic heterocycles. The summed E-state index contributed by atoms with van der Waals surface area (Å²) < 4.78 is 4.90. The minimum Gasteiger partial charge on any atom is -0.462 e. The Bertz CT molecular complexity index is 497. The Kier molecular flexibility index (Phi) is 3.29. The lowest BCUT2D eigenvalue weighted by atomic mass is 10.2. The van der Waals surface area contributed by atoms with E-state index in [0.29, 0.717) is 23.8 Å². The first-order valence-corrected chi connectivity index (χ1v) is 5.07. The summed E-state index contributed by atoms with van der Waals surface area (Å²) in [4.78, 5) is 11.5. The second kappa shape index (κ2) is 5.06. The molecule has 0 unspecified atom stereocenters. The monoisotopic (exact) mass is 233 g/mol. The van der Waals surface area contributed by atoms with Crippen LogP contribution in [-0.4, -0.2) is 33.2 Å². The van der Waals surface area contributed by atoms with Gasteiger partial charge in [-0.15, -0.1) is 5.10 Å². The number of rotatable bonds is 4. The van der Waals surface area contributed by atoms with Crippen molar-refractivity contribution in [1.29, 1.82) is 0 Å². The number of tetrazole rings is 1. The van der Waals surface area contributed by atoms with Gasteiger partial charge in [0, 0.05) is 5.69 Å². The van der Waals surface area contributed by atoms with E-state index in [9.17, 15) is 4.79 Å². The first kappa shape index (κ1) is 11.1. The second-order valence-electron chi connectivity index (χ2n) is 3.16. The van der Waals surface area contributed by atoms with Crippen molar-refractivity contribution < 1.29 is 9.53 Å². The number of carbonyl (C=O) groups excluding carboxylic acids is 1. The average molecular weight is 233 g/mol. The number of hydrogen-bond donors (Lipinski definition) is 2. The number of esters is 1. The van der Waals surface area contributed by atoms with E-state index in [4.69, 9.17) is 4.74 Å². The van der Waals surface area contributed by atoms with E-state index in [1.54, 1.807) is 31.2 Å². The fraction of sp³-hybridized carbons (Fsp3) is 0.200. The zero-order valence-corrected chi connectivity index (χ0v) is 9.17. The van der Waals surface area contributed by atoms with Gasteiger partial charge in [0.15, 0.2) is 0 Å². The fourth-order valence-corrected chi connectivity index (χ4v) is 1.28. The van der Waals surface area contributed by atoms with Gasteiger partial charge in [-0.25, -0.2) is 4.79 Å². The highest BCUT2D eigenvalue weighted by Gasteiger charge is 2.07. The molecule has 2 rings (SSSR count). The molecule has 1 aromatic heterocycles. The fourth-order valence-electron chi connectivity index (χ4n) is 1.28. The zero-order chi connectivity index (χ0) is 12.1. The summed E-state index contributed by atoms with van der Waals surface area (Å²) in [7, 11) is 0. The van der Waals surface area contributed by atoms with Gasteiger partial charge in [-0.3, -0.25) is 0 Å². The number of benzene rings is 1. The van der Waals surface area contributed by atoms with Crippen LogP contribution in [0.1, 0.15) is 17.3 Å². The number of anilines is 2. The predicted molar refractivity (Wildman–Crippen MR) is 59.9 cm³/mol. The van der Waals surface area contributed by atoms with Crippen LogP contribution in [0.2, 0.25) is 0 Å². The zero-order valence-electron chi connectivity index (χ0n) is 9.17. The number of aromatic nitrogens is 4. The van der Waals surface area contributed by atoms with Crippen LogP contribution in [-0.2, 0) is 4.74 Å². The Morgan fingerprint density at radius 3 is 3.12 bits per heavy atom. The van der Waals surface area contributed by atoms with Gasteiger partial charge in [0.25, 0.3) is 5.95 Å². The molecule has 0 saturated heterocycles. The highest BCUT2D eigenvalue weighted by molar-refractivity contribution is 5.90. The minimum absolute atomic E-state index is 0.339. The molecule has 2 N–H and O–H groups in total. The van der Waals surface area contributed by atoms with Crippen LogP contribution in [0, 0.1) is 0 Å². The van der Waals surface area contributed by atoms with E-state index in [-0.39, 0.29) is 5.97 Å². The van der Waals surface area contributed by atoms with Crippen molar-refractivity contribution in [2.75, 3.05) is 11.9 Å². The number of hydrogen-bond acceptors (Lipinski definition) is 6. The third-order valence-electron chi connectivity index (χ3n) is 1.98. The van der Waals surface area contributed by atoms with E-state index in [0.717, 1.165) is 0 Å². The average Bonchev–Trinajstić information content (AvgIpc) is 2.82. The highest BCUT2D eigenvalue weighted by atomic mass is 16.5. The Hall–Kier alpha value is -2.44. The first-order valence-electron chi connectivity index (χ1n) is 5.07. The molecule has 0 atom stereocenters. The lowest BCUT2D eigenvalue weighted by molar-refractivity contribution is 0.0526. The first-order chi connectivity index (χ1) is 8.29. The SMILES string of the molecule is CCOC(=O)c1cccc(Nc2nn[nH]n2)c1. The van der Waals surface area contributed by atoms with Crippen LogP contribution in [0.3, 0.4) is 0 Å². The Labute approximate surface area is 97.2 Å². The van der Waals surface area contributed by atoms with Crippen molar-refractivity contribution >= 4 is 17.6 Å². The molecular weight excluding hydrogens is 222 g/mol. The van der Waals surface area contributed by atoms with Crippen LogP contribution in [0.4, 0.5) is 11.6 Å². The molecule has 0 aliphatic carbocycles. The van der Waals surface area contributed by atoms with Crippen LogP contribution in [0.5, 0.6) is 0 Å². The number of H-pyrrole nitrogens is 1. The predicted octanol–water partition coefficient (Wildman–Crippen LogP) is 1.12. The number of aromatic amines is 1. The van der Waals surface area contributed by atoms with Gasteiger partial charge < -0.3 is 10.1 Å². The lowest BCUT2D eigenvalue weighted by Crippen LogP contribution is -2.05. The molecule has 17 heavy (non-hydrogen) atoms. The van der Waals surface area contributed by atoms with Gasteiger partial charge in [0.1, 0.15) is 0 Å². The van der Waals surface area contributed by atoms with Gasteiger partial charge in [-0.2, -0.15) is 5.21 Å². The number of nitrogens with one attached hydrogen (secondary N) is 2. The molecule has 0 amide bonds. The highest BCUT2D eigenvalue weighted by Crippen LogP contribution is 2.14. The summed E-state index contributed by atoms with van der Waals surface area (Å²) in [5.74, 6) is -0.0183. The lowest BCUT2D eigenvalue weighted by Gasteiger charge is -2.04. The van der Waals surface area contributed by atoms with Crippen molar-refractivity contribution in [1.82, 2.24) is 20.6 Å². The largest absolute Gasteiger partial charge is 0.462 e. The summed E-state index contributed by atoms with van der Waals surface area (Å²) in [5.41, 5.74) is 1.16. The molecule has 0 aliphatic rings. The molecule has 7 nitrogen and oxygen atoms in total. The van der Waals surface area contributed by atoms with Gasteiger partial charge in [-0.1, -0.05) is 11.2 Å². The number of carbonyl (C=O) groups is 1. The molecule has 2 aromatic rings. The summed E-state index contributed by atoms with van der Waals surface area (Å²) >= 11 is 0. The number of ether oxygens (including phenoxy) is 1. The molecule has 0 radical (unpaired) electrons. The van der Waals surface area contributed by atoms with Gasteiger partial charge in [0.2, 0.25) is 0 Å². The molecule has 0 fully saturated rings. The van der Waals surface area contributed by atoms with Crippen molar-refractivity contribution in [3.63, 3.8) is 0 Å². The maximum atomic E-state index is 11.5. The molecular formula is C10H11N5O2. The molecule has 0 saturated carbocycles. The van der Waals surface area contributed by atoms with Crippen LogP contribution in [0.15, 0.2) is 24.3 Å². The summed E-state index contributed by atoms with van der Waals surface area (Å²) in [5, 5.41) is 16.1. The quantitative estimate of drug-likeness (QED) is 0.769. The maximum absolute atomic E-state index is 11.5. The smallest absolute Gasteiger partial charge is 0.338 e. The molecule has 1 heterocycles. The second-order valence-corrected chi connectivity index (χ2v) is 3.16. The van der Waals surface area contributed by atoms with Crippen LogP contribution in [0.25, 0.3) is 0 Å². The van der Waals surface area contributed by atoms with Crippen molar-refractivity contribution in [3.8, 4) is 0 Å². The van der Waals surface area contributed by atoms with E-state index in [1.165, 1.54) is 0 Å². The van der Waals surface area contributed by atoms with Crippen molar-refractivity contribution in [2.24, 2.45) is 0 Å². The van der Waals surface area contributed by atoms with E-state index >= 15 is 0 Å². The third-order valence-corrected chi connectivity index (χ3v) is 1.98. The molecule has 88 valence electrons. The normalized spacial score (nSPS) is 9.94. The molecule has 0 bridgehead atoms. The Balaban J connectivity index is 2.14. The molecule has 1 aromatic carbocycles. The third kappa shape index (κ3) is 2.77. The topological polar surface area (TPSA) is 92.8 Å². The van der Waals surface area contributed by atoms with E-state index in [2.05, 4.69) is 25.9 Å². The summed E-state index contributed by atoms with van der Waals surface area (Å²) in [6.07, 6.45) is 0. The molecule has 0 spiro atoms. The summed E-state index contributed by atoms with van der Waals surface area (Å²) in [6.45, 7) is 2.11. The van der Waals surface area contributed by atoms with Gasteiger partial charge in [-0.05, 0) is 30.3 Å². The molecule has 7 heteroatoms. The van der Waals surface area contributed by atoms with E-state index < -0.39 is 0 Å². The minimum atomic E-state index is -0.357. The maximum Gasteiger partial charge on any atom is 0.338 e. The Morgan fingerprint density at radius 2 is 2.41 bits per heavy atom. The van der Waals surface area contributed by atoms with E-state index in [1.807, 2.05) is 0 Å². The van der Waals surface area contributed by atoms with Gasteiger partial charge in [0.05, 0.1) is 12.2 Å². The Morgan fingerprint density at radius 1 is 1.53 bits per heavy atom.